The summed E-state index contributed by atoms with van der Waals surface area (Å²) in [7, 11) is 1.94. The smallest absolute Gasteiger partial charge is 0.257 e. The van der Waals surface area contributed by atoms with E-state index in [1.54, 1.807) is 12.4 Å². The van der Waals surface area contributed by atoms with Gasteiger partial charge in [-0.15, -0.1) is 0 Å². The van der Waals surface area contributed by atoms with Gasteiger partial charge in [-0.25, -0.2) is 0 Å². The molecule has 30 heavy (non-hydrogen) atoms. The number of benzene rings is 3. The summed E-state index contributed by atoms with van der Waals surface area (Å²) in [6.07, 6.45) is 3.30. The van der Waals surface area contributed by atoms with E-state index >= 15 is 0 Å². The molecular formula is C25H21N3O2. The summed E-state index contributed by atoms with van der Waals surface area (Å²) in [6, 6.07) is 28.6. The van der Waals surface area contributed by atoms with E-state index in [0.717, 1.165) is 17.1 Å². The maximum atomic E-state index is 12.7. The molecule has 5 nitrogen and oxygen atoms in total. The van der Waals surface area contributed by atoms with E-state index in [9.17, 15) is 4.79 Å². The molecule has 4 aromatic rings. The van der Waals surface area contributed by atoms with Gasteiger partial charge in [0.25, 0.3) is 5.91 Å². The summed E-state index contributed by atoms with van der Waals surface area (Å²) in [4.78, 5) is 18.9. The first-order valence-corrected chi connectivity index (χ1v) is 9.57. The van der Waals surface area contributed by atoms with Gasteiger partial charge in [0.05, 0.1) is 17.4 Å². The van der Waals surface area contributed by atoms with Crippen molar-refractivity contribution in [3.8, 4) is 11.5 Å². The van der Waals surface area contributed by atoms with Gasteiger partial charge >= 0.3 is 0 Å². The molecule has 0 fully saturated rings. The molecule has 1 amide bonds. The fourth-order valence-electron chi connectivity index (χ4n) is 2.97. The van der Waals surface area contributed by atoms with Crippen LogP contribution >= 0.6 is 0 Å². The van der Waals surface area contributed by atoms with Gasteiger partial charge in [-0.05, 0) is 54.6 Å². The van der Waals surface area contributed by atoms with Gasteiger partial charge in [0.1, 0.15) is 11.5 Å². The Balaban J connectivity index is 1.44. The average molecular weight is 395 g/mol. The van der Waals surface area contributed by atoms with Gasteiger partial charge in [-0.2, -0.15) is 0 Å². The molecule has 0 aliphatic carbocycles. The van der Waals surface area contributed by atoms with E-state index in [1.807, 2.05) is 103 Å². The topological polar surface area (TPSA) is 54.5 Å². The molecule has 4 rings (SSSR count). The maximum absolute atomic E-state index is 12.7. The monoisotopic (exact) mass is 395 g/mol. The minimum Gasteiger partial charge on any atom is -0.457 e. The van der Waals surface area contributed by atoms with Crippen LogP contribution in [-0.2, 0) is 0 Å². The molecule has 0 bridgehead atoms. The molecule has 0 saturated carbocycles. The van der Waals surface area contributed by atoms with Crippen molar-refractivity contribution in [3.63, 3.8) is 0 Å². The highest BCUT2D eigenvalue weighted by atomic mass is 16.5. The number of hydrogen-bond acceptors (Lipinski definition) is 4. The van der Waals surface area contributed by atoms with Crippen molar-refractivity contribution in [2.45, 2.75) is 0 Å². The van der Waals surface area contributed by atoms with Crippen LogP contribution in [0.4, 0.5) is 17.1 Å². The number of carbonyl (C=O) groups is 1. The van der Waals surface area contributed by atoms with Gasteiger partial charge in [-0.1, -0.05) is 36.4 Å². The number of ether oxygens (including phenoxy) is 1. The lowest BCUT2D eigenvalue weighted by Crippen LogP contribution is -2.14. The van der Waals surface area contributed by atoms with Crippen molar-refractivity contribution >= 4 is 23.0 Å². The Hall–Kier alpha value is -4.12. The van der Waals surface area contributed by atoms with Crippen molar-refractivity contribution < 1.29 is 9.53 Å². The molecule has 0 aliphatic heterocycles. The highest BCUT2D eigenvalue weighted by molar-refractivity contribution is 6.04. The van der Waals surface area contributed by atoms with Gasteiger partial charge in [0.15, 0.2) is 0 Å². The zero-order chi connectivity index (χ0) is 20.8. The summed E-state index contributed by atoms with van der Waals surface area (Å²) < 4.78 is 5.78. The second kappa shape index (κ2) is 8.92. The third-order valence-corrected chi connectivity index (χ3v) is 4.61. The highest BCUT2D eigenvalue weighted by Gasteiger charge is 2.11. The fraction of sp³-hybridized carbons (Fsp3) is 0.0400. The number of anilines is 3. The van der Waals surface area contributed by atoms with Crippen molar-refractivity contribution in [3.05, 3.63) is 109 Å². The highest BCUT2D eigenvalue weighted by Crippen LogP contribution is 2.25. The number of aromatic nitrogens is 1. The van der Waals surface area contributed by atoms with Crippen LogP contribution in [0.25, 0.3) is 0 Å². The molecule has 3 aromatic carbocycles. The van der Waals surface area contributed by atoms with E-state index in [2.05, 4.69) is 10.3 Å². The molecule has 5 heteroatoms. The zero-order valence-electron chi connectivity index (χ0n) is 16.5. The Bertz CT molecular complexity index is 1110. The number of para-hydroxylation sites is 2. The molecule has 0 atom stereocenters. The molecule has 1 aromatic heterocycles. The first-order valence-electron chi connectivity index (χ1n) is 9.57. The Kier molecular flexibility index (Phi) is 5.71. The summed E-state index contributed by atoms with van der Waals surface area (Å²) in [5.41, 5.74) is 3.02. The minimum atomic E-state index is -0.220. The fourth-order valence-corrected chi connectivity index (χ4v) is 2.97. The lowest BCUT2D eigenvalue weighted by Gasteiger charge is -2.19. The SMILES string of the molecule is CN(c1ccccc1)c1cncc(C(=O)Nc2ccc(Oc3ccccc3)cc2)c1. The quantitative estimate of drug-likeness (QED) is 0.442. The molecule has 1 heterocycles. The van der Waals surface area contributed by atoms with E-state index in [1.165, 1.54) is 0 Å². The second-order valence-corrected chi connectivity index (χ2v) is 6.72. The van der Waals surface area contributed by atoms with Crippen LogP contribution in [0.3, 0.4) is 0 Å². The third-order valence-electron chi connectivity index (χ3n) is 4.61. The van der Waals surface area contributed by atoms with Crippen LogP contribution in [0.15, 0.2) is 103 Å². The van der Waals surface area contributed by atoms with Gasteiger partial charge < -0.3 is 15.0 Å². The van der Waals surface area contributed by atoms with Crippen LogP contribution in [0.2, 0.25) is 0 Å². The van der Waals surface area contributed by atoms with Gasteiger partial charge in [0.2, 0.25) is 0 Å². The zero-order valence-corrected chi connectivity index (χ0v) is 16.5. The van der Waals surface area contributed by atoms with Crippen LogP contribution in [0.5, 0.6) is 11.5 Å². The summed E-state index contributed by atoms with van der Waals surface area (Å²) in [5, 5.41) is 2.90. The Morgan fingerprint density at radius 3 is 2.13 bits per heavy atom. The first kappa shape index (κ1) is 19.2. The molecular weight excluding hydrogens is 374 g/mol. The number of carbonyl (C=O) groups excluding carboxylic acids is 1. The van der Waals surface area contributed by atoms with Crippen LogP contribution < -0.4 is 15.0 Å². The predicted octanol–water partition coefficient (Wildman–Crippen LogP) is 5.89. The Morgan fingerprint density at radius 1 is 0.800 bits per heavy atom. The second-order valence-electron chi connectivity index (χ2n) is 6.72. The number of rotatable bonds is 6. The van der Waals surface area contributed by atoms with Crippen molar-refractivity contribution in [1.29, 1.82) is 0 Å². The summed E-state index contributed by atoms with van der Waals surface area (Å²) in [5.74, 6) is 1.24. The summed E-state index contributed by atoms with van der Waals surface area (Å²) >= 11 is 0. The van der Waals surface area contributed by atoms with Crippen LogP contribution in [0, 0.1) is 0 Å². The third kappa shape index (κ3) is 4.64. The molecule has 1 N–H and O–H groups in total. The van der Waals surface area contributed by atoms with Gasteiger partial charge in [0, 0.05) is 24.6 Å². The number of amides is 1. The van der Waals surface area contributed by atoms with E-state index in [4.69, 9.17) is 4.74 Å². The Labute approximate surface area is 175 Å². The number of nitrogens with one attached hydrogen (secondary N) is 1. The number of hydrogen-bond donors (Lipinski definition) is 1. The first-order chi connectivity index (χ1) is 14.7. The molecule has 0 spiro atoms. The van der Waals surface area contributed by atoms with Crippen molar-refractivity contribution in [2.75, 3.05) is 17.3 Å². The van der Waals surface area contributed by atoms with E-state index in [0.29, 0.717) is 17.0 Å². The largest absolute Gasteiger partial charge is 0.457 e. The average Bonchev–Trinajstić information content (AvgIpc) is 2.81. The summed E-state index contributed by atoms with van der Waals surface area (Å²) in [6.45, 7) is 0. The predicted molar refractivity (Wildman–Crippen MR) is 120 cm³/mol. The molecule has 0 aliphatic rings. The number of pyridine rings is 1. The molecule has 0 radical (unpaired) electrons. The molecule has 0 unspecified atom stereocenters. The number of nitrogens with zero attached hydrogens (tertiary/aromatic N) is 2. The lowest BCUT2D eigenvalue weighted by molar-refractivity contribution is 0.102. The molecule has 148 valence electrons. The van der Waals surface area contributed by atoms with E-state index in [-0.39, 0.29) is 5.91 Å². The Morgan fingerprint density at radius 2 is 1.43 bits per heavy atom. The van der Waals surface area contributed by atoms with Gasteiger partial charge in [-0.3, -0.25) is 9.78 Å². The van der Waals surface area contributed by atoms with E-state index < -0.39 is 0 Å². The maximum Gasteiger partial charge on any atom is 0.257 e. The lowest BCUT2D eigenvalue weighted by atomic mass is 10.2. The van der Waals surface area contributed by atoms with Crippen molar-refractivity contribution in [2.24, 2.45) is 0 Å². The normalized spacial score (nSPS) is 10.3. The standard InChI is InChI=1S/C25H21N3O2/c1-28(21-8-4-2-5-9-21)22-16-19(17-26-18-22)25(29)27-20-12-14-24(15-13-20)30-23-10-6-3-7-11-23/h2-18H,1H3,(H,27,29). The van der Waals surface area contributed by atoms with Crippen molar-refractivity contribution in [1.82, 2.24) is 4.98 Å². The molecule has 0 saturated heterocycles. The van der Waals surface area contributed by atoms with Crippen LogP contribution in [-0.4, -0.2) is 17.9 Å². The minimum absolute atomic E-state index is 0.220. The van der Waals surface area contributed by atoms with Crippen LogP contribution in [0.1, 0.15) is 10.4 Å².